The number of rotatable bonds is 8. The zero-order valence-electron chi connectivity index (χ0n) is 14.9. The van der Waals surface area contributed by atoms with Crippen LogP contribution in [-0.4, -0.2) is 17.3 Å². The largest absolute Gasteiger partial charge is 0.294 e. The lowest BCUT2D eigenvalue weighted by atomic mass is 9.78. The molecule has 4 nitrogen and oxygen atoms in total. The van der Waals surface area contributed by atoms with Gasteiger partial charge in [-0.2, -0.15) is 0 Å². The van der Waals surface area contributed by atoms with Crippen molar-refractivity contribution >= 4 is 5.78 Å². The molecule has 3 rings (SSSR count). The van der Waals surface area contributed by atoms with Crippen LogP contribution in [0.1, 0.15) is 39.7 Å². The SMILES string of the molecule is O=C(CC(c1ccccc1)C(C[N+](=O)[O-])c1ccccc1)c1ccccc1. The van der Waals surface area contributed by atoms with Crippen LogP contribution in [-0.2, 0) is 0 Å². The molecule has 0 radical (unpaired) electrons. The van der Waals surface area contributed by atoms with Crippen LogP contribution in [0.2, 0.25) is 0 Å². The monoisotopic (exact) mass is 359 g/mol. The second kappa shape index (κ2) is 8.90. The molecule has 2 atom stereocenters. The molecule has 0 aromatic heterocycles. The first-order valence-corrected chi connectivity index (χ1v) is 8.95. The van der Waals surface area contributed by atoms with Crippen molar-refractivity contribution in [1.29, 1.82) is 0 Å². The van der Waals surface area contributed by atoms with Crippen molar-refractivity contribution in [2.24, 2.45) is 0 Å². The number of ketones is 1. The third kappa shape index (κ3) is 4.88. The predicted molar refractivity (Wildman–Crippen MR) is 106 cm³/mol. The lowest BCUT2D eigenvalue weighted by molar-refractivity contribution is -0.484. The third-order valence-electron chi connectivity index (χ3n) is 4.79. The molecule has 0 aliphatic rings. The predicted octanol–water partition coefficient (Wildman–Crippen LogP) is 5.10. The van der Waals surface area contributed by atoms with Crippen LogP contribution >= 0.6 is 0 Å². The Morgan fingerprint density at radius 1 is 0.741 bits per heavy atom. The van der Waals surface area contributed by atoms with Crippen LogP contribution in [0.5, 0.6) is 0 Å². The van der Waals surface area contributed by atoms with Crippen LogP contribution < -0.4 is 0 Å². The Hall–Kier alpha value is -3.27. The molecule has 0 spiro atoms. The highest BCUT2D eigenvalue weighted by Crippen LogP contribution is 2.36. The summed E-state index contributed by atoms with van der Waals surface area (Å²) in [7, 11) is 0. The minimum Gasteiger partial charge on any atom is -0.294 e. The first-order valence-electron chi connectivity index (χ1n) is 8.95. The molecule has 0 aliphatic heterocycles. The summed E-state index contributed by atoms with van der Waals surface area (Å²) in [6.07, 6.45) is 0.224. The average molecular weight is 359 g/mol. The molecule has 0 saturated carbocycles. The zero-order valence-corrected chi connectivity index (χ0v) is 14.9. The van der Waals surface area contributed by atoms with Gasteiger partial charge in [0.15, 0.2) is 5.78 Å². The summed E-state index contributed by atoms with van der Waals surface area (Å²) in [5.74, 6) is -0.656. The van der Waals surface area contributed by atoms with E-state index in [9.17, 15) is 14.9 Å². The highest BCUT2D eigenvalue weighted by molar-refractivity contribution is 5.96. The van der Waals surface area contributed by atoms with Gasteiger partial charge < -0.3 is 0 Å². The van der Waals surface area contributed by atoms with Crippen LogP contribution in [0.4, 0.5) is 0 Å². The Balaban J connectivity index is 1.99. The average Bonchev–Trinajstić information content (AvgIpc) is 2.72. The number of carbonyl (C=O) groups excluding carboxylic acids is 1. The van der Waals surface area contributed by atoms with Gasteiger partial charge in [0, 0.05) is 22.8 Å². The van der Waals surface area contributed by atoms with Crippen LogP contribution in [0, 0.1) is 10.1 Å². The summed E-state index contributed by atoms with van der Waals surface area (Å²) in [5, 5.41) is 11.4. The van der Waals surface area contributed by atoms with Gasteiger partial charge in [0.1, 0.15) is 0 Å². The Bertz CT molecular complexity index is 879. The summed E-state index contributed by atoms with van der Waals surface area (Å²) in [4.78, 5) is 24.0. The van der Waals surface area contributed by atoms with E-state index in [1.165, 1.54) is 0 Å². The number of hydrogen-bond donors (Lipinski definition) is 0. The molecule has 0 saturated heterocycles. The van der Waals surface area contributed by atoms with E-state index < -0.39 is 0 Å². The first-order chi connectivity index (χ1) is 13.1. The molecule has 0 amide bonds. The molecule has 0 bridgehead atoms. The second-order valence-corrected chi connectivity index (χ2v) is 6.54. The first kappa shape index (κ1) is 18.5. The Morgan fingerprint density at radius 3 is 1.67 bits per heavy atom. The van der Waals surface area contributed by atoms with Gasteiger partial charge in [0.25, 0.3) is 0 Å². The van der Waals surface area contributed by atoms with Gasteiger partial charge in [-0.05, 0) is 11.1 Å². The Kier molecular flexibility index (Phi) is 6.10. The summed E-state index contributed by atoms with van der Waals surface area (Å²) >= 11 is 0. The fourth-order valence-electron chi connectivity index (χ4n) is 3.46. The van der Waals surface area contributed by atoms with Crippen molar-refractivity contribution in [1.82, 2.24) is 0 Å². The fourth-order valence-corrected chi connectivity index (χ4v) is 3.46. The number of benzene rings is 3. The Morgan fingerprint density at radius 2 is 1.19 bits per heavy atom. The number of carbonyl (C=O) groups is 1. The van der Waals surface area contributed by atoms with Crippen LogP contribution in [0.25, 0.3) is 0 Å². The van der Waals surface area contributed by atoms with Crippen molar-refractivity contribution in [2.75, 3.05) is 6.54 Å². The van der Waals surface area contributed by atoms with Gasteiger partial charge in [-0.3, -0.25) is 14.9 Å². The van der Waals surface area contributed by atoms with Gasteiger partial charge >= 0.3 is 0 Å². The molecule has 0 aliphatic carbocycles. The molecular weight excluding hydrogens is 338 g/mol. The number of nitro groups is 1. The number of Topliss-reactive ketones (excluding diaryl/α,β-unsaturated/α-hetero) is 1. The highest BCUT2D eigenvalue weighted by atomic mass is 16.6. The molecule has 0 heterocycles. The number of hydrogen-bond acceptors (Lipinski definition) is 3. The standard InChI is InChI=1S/C23H21NO3/c25-23(20-14-8-3-9-15-20)16-21(18-10-4-1-5-11-18)22(17-24(26)27)19-12-6-2-7-13-19/h1-15,21-22H,16-17H2. The van der Waals surface area contributed by atoms with E-state index in [0.29, 0.717) is 5.56 Å². The molecule has 3 aromatic rings. The van der Waals surface area contributed by atoms with E-state index in [-0.39, 0.29) is 35.5 Å². The molecule has 4 heteroatoms. The van der Waals surface area contributed by atoms with Crippen molar-refractivity contribution in [3.63, 3.8) is 0 Å². The van der Waals surface area contributed by atoms with Crippen molar-refractivity contribution < 1.29 is 9.72 Å². The smallest absolute Gasteiger partial charge is 0.211 e. The van der Waals surface area contributed by atoms with Gasteiger partial charge in [-0.1, -0.05) is 91.0 Å². The van der Waals surface area contributed by atoms with Crippen LogP contribution in [0.3, 0.4) is 0 Å². The maximum atomic E-state index is 12.9. The van der Waals surface area contributed by atoms with Crippen LogP contribution in [0.15, 0.2) is 91.0 Å². The molecule has 136 valence electrons. The van der Waals surface area contributed by atoms with E-state index in [4.69, 9.17) is 0 Å². The van der Waals surface area contributed by atoms with Gasteiger partial charge in [0.2, 0.25) is 6.54 Å². The molecular formula is C23H21NO3. The zero-order chi connectivity index (χ0) is 19.1. The minimum absolute atomic E-state index is 0.00580. The van der Waals surface area contributed by atoms with E-state index in [2.05, 4.69) is 0 Å². The summed E-state index contributed by atoms with van der Waals surface area (Å²) in [6, 6.07) is 28.2. The summed E-state index contributed by atoms with van der Waals surface area (Å²) in [6.45, 7) is -0.217. The van der Waals surface area contributed by atoms with E-state index in [1.54, 1.807) is 12.1 Å². The number of nitrogens with zero attached hydrogens (tertiary/aromatic N) is 1. The van der Waals surface area contributed by atoms with Crippen molar-refractivity contribution in [3.8, 4) is 0 Å². The fraction of sp³-hybridized carbons (Fsp3) is 0.174. The molecule has 0 N–H and O–H groups in total. The topological polar surface area (TPSA) is 60.2 Å². The lowest BCUT2D eigenvalue weighted by Crippen LogP contribution is -2.22. The second-order valence-electron chi connectivity index (χ2n) is 6.54. The van der Waals surface area contributed by atoms with Gasteiger partial charge in [-0.15, -0.1) is 0 Å². The van der Waals surface area contributed by atoms with Crippen molar-refractivity contribution in [2.45, 2.75) is 18.3 Å². The lowest BCUT2D eigenvalue weighted by Gasteiger charge is -2.25. The molecule has 3 aromatic carbocycles. The van der Waals surface area contributed by atoms with Crippen molar-refractivity contribution in [3.05, 3.63) is 118 Å². The van der Waals surface area contributed by atoms with E-state index in [0.717, 1.165) is 11.1 Å². The summed E-state index contributed by atoms with van der Waals surface area (Å²) < 4.78 is 0. The highest BCUT2D eigenvalue weighted by Gasteiger charge is 2.31. The molecule has 0 fully saturated rings. The molecule has 2 unspecified atom stereocenters. The summed E-state index contributed by atoms with van der Waals surface area (Å²) in [5.41, 5.74) is 2.45. The third-order valence-corrected chi connectivity index (χ3v) is 4.79. The quantitative estimate of drug-likeness (QED) is 0.319. The maximum Gasteiger partial charge on any atom is 0.211 e. The van der Waals surface area contributed by atoms with Gasteiger partial charge in [-0.25, -0.2) is 0 Å². The minimum atomic E-state index is -0.378. The normalized spacial score (nSPS) is 12.9. The van der Waals surface area contributed by atoms with Gasteiger partial charge in [0.05, 0.1) is 5.92 Å². The maximum absolute atomic E-state index is 12.9. The Labute approximate surface area is 158 Å². The van der Waals surface area contributed by atoms with E-state index >= 15 is 0 Å². The van der Waals surface area contributed by atoms with E-state index in [1.807, 2.05) is 78.9 Å². The molecule has 27 heavy (non-hydrogen) atoms.